The van der Waals surface area contributed by atoms with Crippen LogP contribution in [0, 0.1) is 6.92 Å². The van der Waals surface area contributed by atoms with Gasteiger partial charge in [0.1, 0.15) is 17.2 Å². The van der Waals surface area contributed by atoms with E-state index < -0.39 is 5.91 Å². The number of nitrogens with one attached hydrogen (secondary N) is 1. The van der Waals surface area contributed by atoms with Crippen molar-refractivity contribution in [3.63, 3.8) is 0 Å². The molecule has 0 bridgehead atoms. The van der Waals surface area contributed by atoms with Crippen molar-refractivity contribution in [1.82, 2.24) is 18.7 Å². The molecule has 2 aliphatic heterocycles. The predicted octanol–water partition coefficient (Wildman–Crippen LogP) is 3.49. The van der Waals surface area contributed by atoms with Crippen LogP contribution in [0.3, 0.4) is 0 Å². The number of pyridine rings is 1. The molecule has 1 unspecified atom stereocenters. The number of benzene rings is 1. The summed E-state index contributed by atoms with van der Waals surface area (Å²) in [6, 6.07) is 14.5. The molecule has 0 radical (unpaired) electrons. The van der Waals surface area contributed by atoms with Crippen LogP contribution in [0.4, 0.5) is 11.5 Å². The van der Waals surface area contributed by atoms with Crippen molar-refractivity contribution in [2.45, 2.75) is 25.9 Å². The lowest BCUT2D eigenvalue weighted by Crippen LogP contribution is -2.33. The van der Waals surface area contributed by atoms with Crippen LogP contribution in [0.15, 0.2) is 69.2 Å². The van der Waals surface area contributed by atoms with E-state index in [0.29, 0.717) is 36.0 Å². The van der Waals surface area contributed by atoms with Crippen molar-refractivity contribution in [2.24, 2.45) is 7.05 Å². The molecule has 3 aromatic heterocycles. The number of carbonyl (C=O) groups excluding carboxylic acids is 1. The van der Waals surface area contributed by atoms with Gasteiger partial charge in [0.25, 0.3) is 17.0 Å². The van der Waals surface area contributed by atoms with Gasteiger partial charge in [-0.05, 0) is 50.1 Å². The third-order valence-electron chi connectivity index (χ3n) is 7.11. The van der Waals surface area contributed by atoms with E-state index in [1.165, 1.54) is 20.1 Å². The molecule has 0 spiro atoms. The average Bonchev–Trinajstić information content (AvgIpc) is 3.63. The second-order valence-corrected chi connectivity index (χ2v) is 11.2. The van der Waals surface area contributed by atoms with Gasteiger partial charge < -0.3 is 10.1 Å². The molecule has 2 aliphatic rings. The van der Waals surface area contributed by atoms with Gasteiger partial charge in [-0.15, -0.1) is 0 Å². The molecule has 1 aromatic carbocycles. The van der Waals surface area contributed by atoms with Crippen LogP contribution in [0.1, 0.15) is 24.1 Å². The van der Waals surface area contributed by atoms with Crippen molar-refractivity contribution in [2.75, 3.05) is 23.4 Å². The fraction of sp³-hybridized carbons (Fsp3) is 0.250. The first-order chi connectivity index (χ1) is 19.3. The van der Waals surface area contributed by atoms with Crippen molar-refractivity contribution in [3.05, 3.63) is 91.6 Å². The summed E-state index contributed by atoms with van der Waals surface area (Å²) in [7, 11) is 1.76. The third-order valence-corrected chi connectivity index (χ3v) is 8.41. The number of hydrogen-bond acceptors (Lipinski definition) is 8. The first-order valence-corrected chi connectivity index (χ1v) is 14.1. The lowest BCUT2D eigenvalue weighted by molar-refractivity contribution is -0.113. The van der Waals surface area contributed by atoms with Gasteiger partial charge in [0, 0.05) is 26.4 Å². The molecule has 40 heavy (non-hydrogen) atoms. The first-order valence-electron chi connectivity index (χ1n) is 12.8. The second kappa shape index (κ2) is 10.5. The molecule has 1 N–H and O–H groups in total. The highest BCUT2D eigenvalue weighted by Crippen LogP contribution is 2.36. The molecule has 10 nitrogen and oxygen atoms in total. The van der Waals surface area contributed by atoms with Gasteiger partial charge in [0.05, 0.1) is 28.0 Å². The number of hydrogen-bond donors (Lipinski definition) is 1. The number of aromatic nitrogens is 4. The van der Waals surface area contributed by atoms with E-state index in [0.717, 1.165) is 24.6 Å². The van der Waals surface area contributed by atoms with Crippen LogP contribution < -0.4 is 21.3 Å². The minimum atomic E-state index is -0.469. The Labute approximate surface area is 238 Å². The number of para-hydroxylation sites is 1. The second-order valence-electron chi connectivity index (χ2n) is 9.55. The normalized spacial score (nSPS) is 18.4. The van der Waals surface area contributed by atoms with Gasteiger partial charge in [-0.25, -0.2) is 9.67 Å². The Hall–Kier alpha value is -4.00. The van der Waals surface area contributed by atoms with Gasteiger partial charge in [-0.1, -0.05) is 48.2 Å². The fourth-order valence-corrected chi connectivity index (χ4v) is 6.24. The average molecular weight is 575 g/mol. The molecule has 204 valence electrons. The maximum atomic E-state index is 13.8. The molecule has 2 fully saturated rings. The summed E-state index contributed by atoms with van der Waals surface area (Å²) in [4.78, 5) is 47.1. The molecule has 1 atom stereocenters. The summed E-state index contributed by atoms with van der Waals surface area (Å²) in [5, 5.41) is 3.26. The number of ether oxygens (including phenoxy) is 1. The van der Waals surface area contributed by atoms with E-state index in [9.17, 15) is 14.4 Å². The van der Waals surface area contributed by atoms with E-state index in [2.05, 4.69) is 10.3 Å². The Bertz CT molecular complexity index is 1800. The number of carbonyl (C=O) groups is 1. The van der Waals surface area contributed by atoms with Crippen LogP contribution in [0.5, 0.6) is 0 Å². The SMILES string of the molecule is Cc1c(N2C(=O)C(=Cc3c(NCC4CCCO4)nc4ccccn4c3=O)SC2=S)c(=O)n(-c2ccccc2)n1C. The van der Waals surface area contributed by atoms with Gasteiger partial charge in [0.15, 0.2) is 4.32 Å². The summed E-state index contributed by atoms with van der Waals surface area (Å²) in [5.74, 6) is -0.108. The Morgan fingerprint density at radius 2 is 1.90 bits per heavy atom. The summed E-state index contributed by atoms with van der Waals surface area (Å²) in [6.45, 7) is 2.96. The van der Waals surface area contributed by atoms with Crippen LogP contribution >= 0.6 is 24.0 Å². The first kappa shape index (κ1) is 26.2. The van der Waals surface area contributed by atoms with Crippen LogP contribution in [-0.2, 0) is 16.6 Å². The Morgan fingerprint density at radius 3 is 2.65 bits per heavy atom. The quantitative estimate of drug-likeness (QED) is 0.276. The number of anilines is 2. The minimum Gasteiger partial charge on any atom is -0.376 e. The van der Waals surface area contributed by atoms with Crippen molar-refractivity contribution >= 4 is 57.4 Å². The number of rotatable bonds is 6. The monoisotopic (exact) mass is 574 g/mol. The van der Waals surface area contributed by atoms with Gasteiger partial charge >= 0.3 is 0 Å². The summed E-state index contributed by atoms with van der Waals surface area (Å²) in [5.41, 5.74) is 1.45. The summed E-state index contributed by atoms with van der Waals surface area (Å²) >= 11 is 6.64. The highest BCUT2D eigenvalue weighted by Gasteiger charge is 2.38. The van der Waals surface area contributed by atoms with E-state index in [1.54, 1.807) is 43.0 Å². The summed E-state index contributed by atoms with van der Waals surface area (Å²) in [6.07, 6.45) is 5.08. The zero-order valence-electron chi connectivity index (χ0n) is 21.9. The molecule has 2 saturated heterocycles. The lowest BCUT2D eigenvalue weighted by atomic mass is 10.2. The molecule has 0 saturated carbocycles. The highest BCUT2D eigenvalue weighted by molar-refractivity contribution is 8.27. The molecule has 1 amide bonds. The number of nitrogens with zero attached hydrogens (tertiary/aromatic N) is 5. The van der Waals surface area contributed by atoms with Gasteiger partial charge in [0.2, 0.25) is 0 Å². The number of amides is 1. The number of thiocarbonyl (C=S) groups is 1. The highest BCUT2D eigenvalue weighted by atomic mass is 32.2. The van der Waals surface area contributed by atoms with E-state index in [4.69, 9.17) is 17.0 Å². The smallest absolute Gasteiger partial charge is 0.296 e. The molecular formula is C28H26N6O4S2. The molecule has 4 aromatic rings. The topological polar surface area (TPSA) is 103 Å². The Kier molecular flexibility index (Phi) is 6.90. The van der Waals surface area contributed by atoms with E-state index in [1.807, 2.05) is 30.3 Å². The van der Waals surface area contributed by atoms with Crippen LogP contribution in [-0.4, -0.2) is 48.2 Å². The molecule has 0 aliphatic carbocycles. The minimum absolute atomic E-state index is 0.0231. The van der Waals surface area contributed by atoms with Crippen molar-refractivity contribution in [3.8, 4) is 5.69 Å². The largest absolute Gasteiger partial charge is 0.376 e. The molecule has 6 rings (SSSR count). The van der Waals surface area contributed by atoms with Gasteiger partial charge in [-0.2, -0.15) is 0 Å². The zero-order valence-corrected chi connectivity index (χ0v) is 23.5. The maximum absolute atomic E-state index is 13.8. The standard InChI is InChI=1S/C28H26N6O4S2/c1-17-23(27(37)34(31(17)2)18-9-4-3-5-10-18)33-26(36)21(40-28(33)39)15-20-24(29-16-19-11-8-14-38-19)30-22-12-6-7-13-32(22)25(20)35/h3-7,9-10,12-13,15,19,29H,8,11,14,16H2,1-2H3. The number of fused-ring (bicyclic) bond motifs is 1. The maximum Gasteiger partial charge on any atom is 0.296 e. The van der Waals surface area contributed by atoms with Crippen molar-refractivity contribution < 1.29 is 9.53 Å². The van der Waals surface area contributed by atoms with E-state index in [-0.39, 0.29) is 37.7 Å². The van der Waals surface area contributed by atoms with Crippen LogP contribution in [0.2, 0.25) is 0 Å². The third kappa shape index (κ3) is 4.47. The summed E-state index contributed by atoms with van der Waals surface area (Å²) < 4.78 is 10.6. The van der Waals surface area contributed by atoms with Crippen molar-refractivity contribution in [1.29, 1.82) is 0 Å². The Morgan fingerprint density at radius 1 is 1.12 bits per heavy atom. The number of thioether (sulfide) groups is 1. The zero-order chi connectivity index (χ0) is 28.0. The molecule has 12 heteroatoms. The van der Waals surface area contributed by atoms with Crippen LogP contribution in [0.25, 0.3) is 17.4 Å². The Balaban J connectivity index is 1.41. The van der Waals surface area contributed by atoms with E-state index >= 15 is 0 Å². The van der Waals surface area contributed by atoms with Gasteiger partial charge in [-0.3, -0.25) is 28.4 Å². The molecular weight excluding hydrogens is 548 g/mol. The fourth-order valence-electron chi connectivity index (χ4n) is 4.99. The molecule has 5 heterocycles. The lowest BCUT2D eigenvalue weighted by Gasteiger charge is -2.14. The predicted molar refractivity (Wildman–Crippen MR) is 160 cm³/mol.